The van der Waals surface area contributed by atoms with Gasteiger partial charge in [-0.2, -0.15) is 0 Å². The van der Waals surface area contributed by atoms with Crippen LogP contribution in [0.1, 0.15) is 22.3 Å². The smallest absolute Gasteiger partial charge is 0.338 e. The summed E-state index contributed by atoms with van der Waals surface area (Å²) in [5, 5.41) is 9.38. The minimum atomic E-state index is -3.86. The predicted octanol–water partition coefficient (Wildman–Crippen LogP) is 2.34. The topological polar surface area (TPSA) is 96.4 Å². The van der Waals surface area contributed by atoms with Gasteiger partial charge < -0.3 is 5.11 Å². The van der Waals surface area contributed by atoms with Gasteiger partial charge in [0.15, 0.2) is 4.21 Å². The van der Waals surface area contributed by atoms with E-state index in [4.69, 9.17) is 5.11 Å². The number of nitrogens with zero attached hydrogens (tertiary/aromatic N) is 1. The van der Waals surface area contributed by atoms with Crippen molar-refractivity contribution in [2.24, 2.45) is 0 Å². The summed E-state index contributed by atoms with van der Waals surface area (Å²) in [4.78, 5) is 14.6. The Morgan fingerprint density at radius 2 is 2.19 bits per heavy atom. The molecule has 2 aromatic rings. The molecule has 0 aliphatic rings. The third-order valence-corrected chi connectivity index (χ3v) is 5.54. The van der Waals surface area contributed by atoms with Crippen molar-refractivity contribution >= 4 is 33.0 Å². The number of thiazole rings is 1. The number of carboxylic acids is 1. The van der Waals surface area contributed by atoms with Crippen LogP contribution in [0.4, 0.5) is 10.1 Å². The highest BCUT2D eigenvalue weighted by molar-refractivity contribution is 7.94. The van der Waals surface area contributed by atoms with Crippen LogP contribution in [0.2, 0.25) is 0 Å². The molecule has 0 saturated carbocycles. The Bertz CT molecular complexity index is 786. The lowest BCUT2D eigenvalue weighted by molar-refractivity contribution is 0.0692. The normalized spacial score (nSPS) is 11.3. The average molecular weight is 330 g/mol. The first-order valence-corrected chi connectivity index (χ1v) is 8.14. The molecule has 1 heterocycles. The minimum Gasteiger partial charge on any atom is -0.478 e. The van der Waals surface area contributed by atoms with Gasteiger partial charge in [-0.1, -0.05) is 6.92 Å². The number of aromatic nitrogens is 1. The quantitative estimate of drug-likeness (QED) is 0.877. The maximum atomic E-state index is 13.5. The van der Waals surface area contributed by atoms with Crippen molar-refractivity contribution in [1.29, 1.82) is 0 Å². The molecule has 1 aromatic heterocycles. The highest BCUT2D eigenvalue weighted by Gasteiger charge is 2.19. The molecular weight excluding hydrogens is 319 g/mol. The number of aromatic carboxylic acids is 1. The molecule has 0 amide bonds. The van der Waals surface area contributed by atoms with Crippen LogP contribution in [0, 0.1) is 5.82 Å². The van der Waals surface area contributed by atoms with Crippen molar-refractivity contribution in [3.05, 3.63) is 40.8 Å². The van der Waals surface area contributed by atoms with E-state index in [0.29, 0.717) is 11.4 Å². The van der Waals surface area contributed by atoms with Crippen molar-refractivity contribution in [3.63, 3.8) is 0 Å². The molecule has 1 aromatic carbocycles. The molecule has 0 fully saturated rings. The second-order valence-corrected chi connectivity index (χ2v) is 7.06. The number of hydrogen-bond donors (Lipinski definition) is 2. The first kappa shape index (κ1) is 15.4. The van der Waals surface area contributed by atoms with Crippen LogP contribution in [0.25, 0.3) is 0 Å². The number of rotatable bonds is 5. The lowest BCUT2D eigenvalue weighted by Crippen LogP contribution is -2.12. The van der Waals surface area contributed by atoms with Gasteiger partial charge in [0.2, 0.25) is 0 Å². The minimum absolute atomic E-state index is 0.0158. The lowest BCUT2D eigenvalue weighted by atomic mass is 10.2. The molecular formula is C12H11FN2O4S2. The number of nitrogens with one attached hydrogen (secondary N) is 1. The van der Waals surface area contributed by atoms with Gasteiger partial charge >= 0.3 is 5.97 Å². The summed E-state index contributed by atoms with van der Waals surface area (Å²) >= 11 is 1.02. The van der Waals surface area contributed by atoms with E-state index < -0.39 is 27.4 Å². The predicted molar refractivity (Wildman–Crippen MR) is 75.7 cm³/mol. The van der Waals surface area contributed by atoms with E-state index in [1.807, 2.05) is 6.92 Å². The van der Waals surface area contributed by atoms with Crippen LogP contribution in [0.5, 0.6) is 0 Å². The Hall–Kier alpha value is -2.00. The largest absolute Gasteiger partial charge is 0.478 e. The molecule has 0 aliphatic heterocycles. The van der Waals surface area contributed by atoms with Gasteiger partial charge in [-0.25, -0.2) is 22.6 Å². The summed E-state index contributed by atoms with van der Waals surface area (Å²) in [6.07, 6.45) is 1.84. The summed E-state index contributed by atoms with van der Waals surface area (Å²) in [7, 11) is -3.86. The van der Waals surface area contributed by atoms with Crippen LogP contribution >= 0.6 is 11.3 Å². The monoisotopic (exact) mass is 330 g/mol. The van der Waals surface area contributed by atoms with Crippen LogP contribution in [-0.2, 0) is 16.4 Å². The number of benzene rings is 1. The second kappa shape index (κ2) is 5.78. The number of hydrogen-bond acceptors (Lipinski definition) is 5. The zero-order chi connectivity index (χ0) is 15.6. The van der Waals surface area contributed by atoms with Crippen LogP contribution in [0.15, 0.2) is 28.6 Å². The van der Waals surface area contributed by atoms with Crippen LogP contribution in [0.3, 0.4) is 0 Å². The highest BCUT2D eigenvalue weighted by Crippen LogP contribution is 2.23. The van der Waals surface area contributed by atoms with Crippen LogP contribution < -0.4 is 4.72 Å². The molecule has 0 atom stereocenters. The fourth-order valence-electron chi connectivity index (χ4n) is 1.54. The van der Waals surface area contributed by atoms with E-state index >= 15 is 0 Å². The third kappa shape index (κ3) is 3.37. The van der Waals surface area contributed by atoms with Crippen molar-refractivity contribution < 1.29 is 22.7 Å². The van der Waals surface area contributed by atoms with Crippen molar-refractivity contribution in [1.82, 2.24) is 4.98 Å². The fraction of sp³-hybridized carbons (Fsp3) is 0.167. The molecule has 2 rings (SSSR count). The average Bonchev–Trinajstić information content (AvgIpc) is 2.87. The Labute approximate surface area is 124 Å². The molecule has 0 aliphatic carbocycles. The van der Waals surface area contributed by atoms with Gasteiger partial charge in [-0.3, -0.25) is 4.72 Å². The molecule has 0 radical (unpaired) electrons. The Kier molecular flexibility index (Phi) is 4.24. The van der Waals surface area contributed by atoms with Gasteiger partial charge in [-0.15, -0.1) is 11.3 Å². The van der Waals surface area contributed by atoms with Gasteiger partial charge in [0, 0.05) is 0 Å². The molecule has 0 spiro atoms. The second-order valence-electron chi connectivity index (χ2n) is 4.03. The first-order chi connectivity index (χ1) is 9.83. The molecule has 21 heavy (non-hydrogen) atoms. The number of sulfonamides is 1. The van der Waals surface area contributed by atoms with E-state index in [9.17, 15) is 17.6 Å². The maximum absolute atomic E-state index is 13.5. The van der Waals surface area contributed by atoms with Crippen LogP contribution in [-0.4, -0.2) is 24.5 Å². The first-order valence-electron chi connectivity index (χ1n) is 5.84. The standard InChI is InChI=1S/C12H11FN2O4S2/c1-2-10-14-6-11(20-10)21(18,19)15-7-3-4-8(12(16)17)9(13)5-7/h3-6,15H,2H2,1H3,(H,16,17). The molecule has 0 unspecified atom stereocenters. The van der Waals surface area contributed by atoms with Gasteiger partial charge in [0.05, 0.1) is 22.5 Å². The number of carbonyl (C=O) groups is 1. The number of aryl methyl sites for hydroxylation is 1. The lowest BCUT2D eigenvalue weighted by Gasteiger charge is -2.06. The highest BCUT2D eigenvalue weighted by atomic mass is 32.2. The van der Waals surface area contributed by atoms with E-state index in [1.54, 1.807) is 0 Å². The van der Waals surface area contributed by atoms with E-state index in [0.717, 1.165) is 23.5 Å². The molecule has 0 bridgehead atoms. The molecule has 112 valence electrons. The van der Waals surface area contributed by atoms with E-state index in [2.05, 4.69) is 9.71 Å². The summed E-state index contributed by atoms with van der Waals surface area (Å²) in [5.74, 6) is -2.43. The number of anilines is 1. The molecule has 9 heteroatoms. The zero-order valence-corrected chi connectivity index (χ0v) is 12.5. The summed E-state index contributed by atoms with van der Waals surface area (Å²) < 4.78 is 39.9. The fourth-order valence-corrected chi connectivity index (χ4v) is 3.71. The van der Waals surface area contributed by atoms with E-state index in [1.165, 1.54) is 12.3 Å². The van der Waals surface area contributed by atoms with Gasteiger partial charge in [0.25, 0.3) is 10.0 Å². The SMILES string of the molecule is CCc1ncc(S(=O)(=O)Nc2ccc(C(=O)O)c(F)c2)s1. The van der Waals surface area contributed by atoms with Crippen molar-refractivity contribution in [2.45, 2.75) is 17.6 Å². The summed E-state index contributed by atoms with van der Waals surface area (Å²) in [6, 6.07) is 3.01. The third-order valence-electron chi connectivity index (χ3n) is 2.55. The maximum Gasteiger partial charge on any atom is 0.338 e. The molecule has 2 N–H and O–H groups in total. The van der Waals surface area contributed by atoms with Crippen molar-refractivity contribution in [2.75, 3.05) is 4.72 Å². The Morgan fingerprint density at radius 1 is 1.48 bits per heavy atom. The summed E-state index contributed by atoms with van der Waals surface area (Å²) in [6.45, 7) is 1.85. The van der Waals surface area contributed by atoms with Crippen molar-refractivity contribution in [3.8, 4) is 0 Å². The van der Waals surface area contributed by atoms with Gasteiger partial charge in [0.1, 0.15) is 5.82 Å². The Balaban J connectivity index is 2.28. The number of carboxylic acid groups (broad SMARTS) is 1. The Morgan fingerprint density at radius 3 is 2.71 bits per heavy atom. The van der Waals surface area contributed by atoms with E-state index in [-0.39, 0.29) is 9.90 Å². The molecule has 0 saturated heterocycles. The number of halogens is 1. The molecule has 6 nitrogen and oxygen atoms in total. The van der Waals surface area contributed by atoms with Gasteiger partial charge in [-0.05, 0) is 24.6 Å². The zero-order valence-electron chi connectivity index (χ0n) is 10.8. The summed E-state index contributed by atoms with van der Waals surface area (Å²) in [5.41, 5.74) is -0.576.